The summed E-state index contributed by atoms with van der Waals surface area (Å²) in [5.41, 5.74) is 3.80. The predicted octanol–water partition coefficient (Wildman–Crippen LogP) is 6.97. The number of alkyl halides is 3. The summed E-state index contributed by atoms with van der Waals surface area (Å²) in [5, 5.41) is 3.47. The van der Waals surface area contributed by atoms with Crippen LogP contribution in [0.15, 0.2) is 36.4 Å². The number of aryl methyl sites for hydroxylation is 2. The van der Waals surface area contributed by atoms with E-state index >= 15 is 0 Å². The molecule has 0 aliphatic carbocycles. The van der Waals surface area contributed by atoms with Crippen LogP contribution < -0.4 is 5.32 Å². The number of piperidine rings is 2. The van der Waals surface area contributed by atoms with Crippen LogP contribution >= 0.6 is 24.8 Å². The zero-order valence-electron chi connectivity index (χ0n) is 22.5. The van der Waals surface area contributed by atoms with Gasteiger partial charge in [-0.05, 0) is 88.3 Å². The molecule has 10 heteroatoms. The van der Waals surface area contributed by atoms with Crippen molar-refractivity contribution in [2.45, 2.75) is 77.2 Å². The molecule has 1 aromatic carbocycles. The van der Waals surface area contributed by atoms with Gasteiger partial charge in [-0.3, -0.25) is 4.90 Å². The number of hydrogen-bond donors (Lipinski definition) is 1. The number of nitrogens with one attached hydrogen (secondary N) is 1. The number of imidazole rings is 1. The molecule has 0 amide bonds. The lowest BCUT2D eigenvalue weighted by atomic mass is 9.93. The van der Waals surface area contributed by atoms with Gasteiger partial charge < -0.3 is 9.88 Å². The van der Waals surface area contributed by atoms with Crippen LogP contribution in [0.5, 0.6) is 0 Å². The fourth-order valence-electron chi connectivity index (χ4n) is 5.94. The Labute approximate surface area is 241 Å². The average molecular weight is 585 g/mol. The van der Waals surface area contributed by atoms with E-state index in [-0.39, 0.29) is 37.0 Å². The highest BCUT2D eigenvalue weighted by Crippen LogP contribution is 2.33. The lowest BCUT2D eigenvalue weighted by Gasteiger charge is -2.42. The Hall–Kier alpha value is -2.13. The topological polar surface area (TPSA) is 46.0 Å². The molecule has 0 saturated carbocycles. The highest BCUT2D eigenvalue weighted by molar-refractivity contribution is 5.85. The monoisotopic (exact) mass is 583 g/mol. The van der Waals surface area contributed by atoms with Crippen molar-refractivity contribution in [3.05, 3.63) is 64.6 Å². The molecule has 0 bridgehead atoms. The number of hydrogen-bond acceptors (Lipinski definition) is 4. The summed E-state index contributed by atoms with van der Waals surface area (Å²) >= 11 is 0. The molecular formula is C29H38Cl2F3N5. The number of benzene rings is 1. The molecule has 2 fully saturated rings. The molecule has 4 heterocycles. The Morgan fingerprint density at radius 2 is 1.72 bits per heavy atom. The standard InChI is InChI=1S/C29H36F3N5.2ClH/c1-20-18-21(2)34-27-26(20)35-28(29(30,31)32)37(27)19-23-11-9-22(10-12-23)6-5-8-24-7-3-4-17-36(24)25-13-15-33-16-14-25;;/h5-6,9-12,18,24-25,33H,3-4,7-8,13-17,19H2,1-2H3;2*1H/b6-5+;;. The van der Waals surface area contributed by atoms with Crippen LogP contribution in [0, 0.1) is 13.8 Å². The largest absolute Gasteiger partial charge is 0.449 e. The number of pyridine rings is 1. The zero-order chi connectivity index (χ0) is 26.0. The fourth-order valence-corrected chi connectivity index (χ4v) is 5.94. The Kier molecular flexibility index (Phi) is 10.9. The van der Waals surface area contributed by atoms with E-state index < -0.39 is 12.0 Å². The Morgan fingerprint density at radius 1 is 1.00 bits per heavy atom. The number of likely N-dealkylation sites (tertiary alicyclic amines) is 1. The lowest BCUT2D eigenvalue weighted by molar-refractivity contribution is -0.146. The van der Waals surface area contributed by atoms with Gasteiger partial charge in [-0.25, -0.2) is 9.97 Å². The summed E-state index contributed by atoms with van der Waals surface area (Å²) in [7, 11) is 0. The SMILES string of the molecule is Cc1cc(C)c2nc(C(F)(F)F)n(Cc3ccc(/C=C/CC4CCCCN4C4CCNCC4)cc3)c2n1.Cl.Cl. The number of halogens is 5. The third kappa shape index (κ3) is 7.34. The molecule has 5 rings (SSSR count). The summed E-state index contributed by atoms with van der Waals surface area (Å²) in [6.07, 6.45) is 7.20. The molecule has 3 aromatic rings. The van der Waals surface area contributed by atoms with Gasteiger partial charge in [0.15, 0.2) is 5.65 Å². The first-order valence-electron chi connectivity index (χ1n) is 13.4. The summed E-state index contributed by atoms with van der Waals surface area (Å²) in [4.78, 5) is 11.0. The minimum atomic E-state index is -4.55. The maximum atomic E-state index is 13.8. The van der Waals surface area contributed by atoms with Gasteiger partial charge in [0.25, 0.3) is 0 Å². The van der Waals surface area contributed by atoms with E-state index in [0.29, 0.717) is 28.9 Å². The predicted molar refractivity (Wildman–Crippen MR) is 156 cm³/mol. The van der Waals surface area contributed by atoms with E-state index in [1.165, 1.54) is 43.2 Å². The Balaban J connectivity index is 0.00000210. The molecule has 2 saturated heterocycles. The molecule has 0 spiro atoms. The van der Waals surface area contributed by atoms with Crippen LogP contribution in [0.3, 0.4) is 0 Å². The number of nitrogens with zero attached hydrogens (tertiary/aromatic N) is 4. The van der Waals surface area contributed by atoms with Gasteiger partial charge in [0.05, 0.1) is 6.54 Å². The molecule has 2 aliphatic heterocycles. The molecule has 2 aromatic heterocycles. The third-order valence-corrected chi connectivity index (χ3v) is 7.76. The van der Waals surface area contributed by atoms with E-state index in [1.54, 1.807) is 19.9 Å². The van der Waals surface area contributed by atoms with Gasteiger partial charge in [0.2, 0.25) is 5.82 Å². The molecule has 5 nitrogen and oxygen atoms in total. The number of aromatic nitrogens is 3. The van der Waals surface area contributed by atoms with E-state index in [4.69, 9.17) is 0 Å². The Morgan fingerprint density at radius 3 is 2.41 bits per heavy atom. The average Bonchev–Trinajstić information content (AvgIpc) is 3.25. The van der Waals surface area contributed by atoms with Crippen molar-refractivity contribution in [1.82, 2.24) is 24.8 Å². The van der Waals surface area contributed by atoms with Crippen LogP contribution in [0.2, 0.25) is 0 Å². The van der Waals surface area contributed by atoms with Crippen LogP contribution in [0.4, 0.5) is 13.2 Å². The maximum Gasteiger partial charge on any atom is 0.449 e. The second-order valence-electron chi connectivity index (χ2n) is 10.5. The van der Waals surface area contributed by atoms with Crippen LogP contribution in [-0.2, 0) is 12.7 Å². The minimum Gasteiger partial charge on any atom is -0.317 e. The zero-order valence-corrected chi connectivity index (χ0v) is 24.1. The first kappa shape index (κ1) is 31.4. The lowest BCUT2D eigenvalue weighted by Crippen LogP contribution is -2.50. The van der Waals surface area contributed by atoms with E-state index in [9.17, 15) is 13.2 Å². The summed E-state index contributed by atoms with van der Waals surface area (Å²) in [6, 6.07) is 10.8. The van der Waals surface area contributed by atoms with Gasteiger partial charge in [0.1, 0.15) is 5.52 Å². The first-order chi connectivity index (χ1) is 17.8. The van der Waals surface area contributed by atoms with Crippen molar-refractivity contribution in [3.8, 4) is 0 Å². The molecule has 2 aliphatic rings. The quantitative estimate of drug-likeness (QED) is 0.340. The van der Waals surface area contributed by atoms with E-state index in [1.807, 2.05) is 24.3 Å². The first-order valence-corrected chi connectivity index (χ1v) is 13.4. The maximum absolute atomic E-state index is 13.8. The smallest absolute Gasteiger partial charge is 0.317 e. The van der Waals surface area contributed by atoms with Gasteiger partial charge in [-0.15, -0.1) is 24.8 Å². The van der Waals surface area contributed by atoms with Gasteiger partial charge >= 0.3 is 6.18 Å². The molecule has 39 heavy (non-hydrogen) atoms. The Bertz CT molecular complexity index is 1250. The molecule has 214 valence electrons. The molecule has 1 N–H and O–H groups in total. The third-order valence-electron chi connectivity index (χ3n) is 7.76. The number of rotatable bonds is 6. The molecular weight excluding hydrogens is 546 g/mol. The highest BCUT2D eigenvalue weighted by Gasteiger charge is 2.38. The van der Waals surface area contributed by atoms with Gasteiger partial charge in [-0.2, -0.15) is 13.2 Å². The van der Waals surface area contributed by atoms with Crippen molar-refractivity contribution in [1.29, 1.82) is 0 Å². The van der Waals surface area contributed by atoms with Gasteiger partial charge in [0, 0.05) is 17.8 Å². The van der Waals surface area contributed by atoms with E-state index in [2.05, 4.69) is 32.3 Å². The molecule has 0 radical (unpaired) electrons. The van der Waals surface area contributed by atoms with E-state index in [0.717, 1.165) is 30.6 Å². The molecule has 1 atom stereocenters. The second kappa shape index (κ2) is 13.5. The van der Waals surface area contributed by atoms with Crippen LogP contribution in [0.25, 0.3) is 17.2 Å². The van der Waals surface area contributed by atoms with Crippen molar-refractivity contribution in [3.63, 3.8) is 0 Å². The highest BCUT2D eigenvalue weighted by atomic mass is 35.5. The number of fused-ring (bicyclic) bond motifs is 1. The van der Waals surface area contributed by atoms with Crippen LogP contribution in [-0.4, -0.2) is 51.2 Å². The summed E-state index contributed by atoms with van der Waals surface area (Å²) < 4.78 is 42.6. The van der Waals surface area contributed by atoms with Crippen molar-refractivity contribution in [2.75, 3.05) is 19.6 Å². The normalized spacial score (nSPS) is 19.3. The molecule has 1 unspecified atom stereocenters. The van der Waals surface area contributed by atoms with Crippen LogP contribution in [0.1, 0.15) is 66.7 Å². The summed E-state index contributed by atoms with van der Waals surface area (Å²) in [6.45, 7) is 7.06. The van der Waals surface area contributed by atoms with Crippen molar-refractivity contribution < 1.29 is 13.2 Å². The minimum absolute atomic E-state index is 0. The van der Waals surface area contributed by atoms with Gasteiger partial charge in [-0.1, -0.05) is 42.8 Å². The summed E-state index contributed by atoms with van der Waals surface area (Å²) in [5.74, 6) is -0.904. The van der Waals surface area contributed by atoms with Crippen molar-refractivity contribution in [2.24, 2.45) is 0 Å². The fraction of sp³-hybridized carbons (Fsp3) is 0.517. The van der Waals surface area contributed by atoms with Crippen molar-refractivity contribution >= 4 is 42.1 Å². The second-order valence-corrected chi connectivity index (χ2v) is 10.5.